The lowest BCUT2D eigenvalue weighted by Gasteiger charge is -2.33. The van der Waals surface area contributed by atoms with Gasteiger partial charge in [0.05, 0.1) is 10.6 Å². The van der Waals surface area contributed by atoms with Crippen molar-refractivity contribution in [2.75, 3.05) is 17.4 Å². The van der Waals surface area contributed by atoms with Gasteiger partial charge in [-0.15, -0.1) is 0 Å². The number of rotatable bonds is 11. The summed E-state index contributed by atoms with van der Waals surface area (Å²) in [6.07, 6.45) is 5.50. The molecule has 0 unspecified atom stereocenters. The molecule has 1 saturated carbocycles. The third-order valence-electron chi connectivity index (χ3n) is 7.61. The fraction of sp³-hybridized carbons (Fsp3) is 0.375. The van der Waals surface area contributed by atoms with Crippen LogP contribution in [0, 0.1) is 12.7 Å². The summed E-state index contributed by atoms with van der Waals surface area (Å²) < 4.78 is 43.4. The van der Waals surface area contributed by atoms with E-state index in [0.29, 0.717) is 6.42 Å². The second kappa shape index (κ2) is 13.8. The van der Waals surface area contributed by atoms with Crippen LogP contribution in [0.1, 0.15) is 50.2 Å². The zero-order valence-corrected chi connectivity index (χ0v) is 24.4. The van der Waals surface area contributed by atoms with E-state index in [4.69, 9.17) is 0 Å². The van der Waals surface area contributed by atoms with Crippen molar-refractivity contribution in [2.45, 2.75) is 69.4 Å². The number of amides is 2. The summed E-state index contributed by atoms with van der Waals surface area (Å²) in [7, 11) is -4.31. The SMILES string of the molecule is Cc1ccc(S(=O)(=O)N(CC(=O)N(CCc2ccccc2)[C@H](C)C(=O)NC2CCCCC2)c2ccccc2F)cc1. The third-order valence-corrected chi connectivity index (χ3v) is 9.39. The Kier molecular flexibility index (Phi) is 10.2. The molecule has 0 heterocycles. The Labute approximate surface area is 242 Å². The number of carbonyl (C=O) groups excluding carboxylic acids is 2. The molecule has 0 aromatic heterocycles. The van der Waals surface area contributed by atoms with Crippen molar-refractivity contribution in [3.63, 3.8) is 0 Å². The molecule has 1 atom stereocenters. The van der Waals surface area contributed by atoms with E-state index in [0.717, 1.165) is 53.6 Å². The lowest BCUT2D eigenvalue weighted by molar-refractivity contribution is -0.139. The average molecular weight is 580 g/mol. The van der Waals surface area contributed by atoms with Crippen LogP contribution in [-0.4, -0.2) is 50.3 Å². The van der Waals surface area contributed by atoms with E-state index in [9.17, 15) is 18.0 Å². The van der Waals surface area contributed by atoms with E-state index < -0.39 is 34.3 Å². The molecule has 0 spiro atoms. The van der Waals surface area contributed by atoms with Crippen LogP contribution in [0.5, 0.6) is 0 Å². The first kappa shape index (κ1) is 30.2. The number of para-hydroxylation sites is 1. The molecule has 0 bridgehead atoms. The first-order valence-corrected chi connectivity index (χ1v) is 15.6. The van der Waals surface area contributed by atoms with Crippen LogP contribution in [0.25, 0.3) is 0 Å². The number of hydrogen-bond acceptors (Lipinski definition) is 4. The van der Waals surface area contributed by atoms with Crippen molar-refractivity contribution < 1.29 is 22.4 Å². The summed E-state index contributed by atoms with van der Waals surface area (Å²) in [6.45, 7) is 3.02. The predicted octanol–water partition coefficient (Wildman–Crippen LogP) is 5.24. The van der Waals surface area contributed by atoms with Gasteiger partial charge in [-0.05, 0) is 62.9 Å². The maximum Gasteiger partial charge on any atom is 0.264 e. The lowest BCUT2D eigenvalue weighted by atomic mass is 9.95. The molecule has 41 heavy (non-hydrogen) atoms. The number of benzene rings is 3. The number of carbonyl (C=O) groups is 2. The third kappa shape index (κ3) is 7.73. The number of halogens is 1. The van der Waals surface area contributed by atoms with Crippen molar-refractivity contribution in [1.82, 2.24) is 10.2 Å². The molecule has 1 aliphatic carbocycles. The van der Waals surface area contributed by atoms with Crippen LogP contribution >= 0.6 is 0 Å². The topological polar surface area (TPSA) is 86.8 Å². The summed E-state index contributed by atoms with van der Waals surface area (Å²) >= 11 is 0. The van der Waals surface area contributed by atoms with Crippen LogP contribution in [0.3, 0.4) is 0 Å². The van der Waals surface area contributed by atoms with Crippen molar-refractivity contribution >= 4 is 27.5 Å². The molecule has 7 nitrogen and oxygen atoms in total. The van der Waals surface area contributed by atoms with E-state index in [1.165, 1.54) is 35.2 Å². The monoisotopic (exact) mass is 579 g/mol. The van der Waals surface area contributed by atoms with Gasteiger partial charge in [0.25, 0.3) is 10.0 Å². The highest BCUT2D eigenvalue weighted by molar-refractivity contribution is 7.92. The van der Waals surface area contributed by atoms with Crippen LogP contribution in [-0.2, 0) is 26.0 Å². The van der Waals surface area contributed by atoms with E-state index in [2.05, 4.69) is 5.32 Å². The maximum atomic E-state index is 15.0. The summed E-state index contributed by atoms with van der Waals surface area (Å²) in [4.78, 5) is 28.6. The van der Waals surface area contributed by atoms with Gasteiger partial charge in [0, 0.05) is 12.6 Å². The minimum atomic E-state index is -4.31. The molecule has 3 aromatic rings. The number of nitrogens with zero attached hydrogens (tertiary/aromatic N) is 2. The molecule has 3 aromatic carbocycles. The molecule has 1 N–H and O–H groups in total. The quantitative estimate of drug-likeness (QED) is 0.337. The standard InChI is InChI=1S/C32H38FN3O4S/c1-24-17-19-28(20-18-24)41(39,40)36(30-16-10-9-15-29(30)33)23-31(37)35(22-21-26-11-5-3-6-12-26)25(2)32(38)34-27-13-7-4-8-14-27/h3,5-6,9-12,15-20,25,27H,4,7-8,13-14,21-23H2,1-2H3,(H,34,38)/t25-/m1/s1. The molecule has 2 amide bonds. The molecule has 1 aliphatic rings. The maximum absolute atomic E-state index is 15.0. The second-order valence-electron chi connectivity index (χ2n) is 10.6. The van der Waals surface area contributed by atoms with Gasteiger partial charge in [-0.25, -0.2) is 12.8 Å². The highest BCUT2D eigenvalue weighted by Crippen LogP contribution is 2.27. The fourth-order valence-electron chi connectivity index (χ4n) is 5.14. The Morgan fingerprint density at radius 3 is 2.22 bits per heavy atom. The van der Waals surface area contributed by atoms with Crippen molar-refractivity contribution in [1.29, 1.82) is 0 Å². The van der Waals surface area contributed by atoms with E-state index in [1.54, 1.807) is 19.1 Å². The van der Waals surface area contributed by atoms with Crippen molar-refractivity contribution in [2.24, 2.45) is 0 Å². The number of nitrogens with one attached hydrogen (secondary N) is 1. The summed E-state index contributed by atoms with van der Waals surface area (Å²) in [6, 6.07) is 20.4. The predicted molar refractivity (Wildman–Crippen MR) is 158 cm³/mol. The van der Waals surface area contributed by atoms with Crippen LogP contribution in [0.2, 0.25) is 0 Å². The van der Waals surface area contributed by atoms with Gasteiger partial charge >= 0.3 is 0 Å². The van der Waals surface area contributed by atoms with Gasteiger partial charge < -0.3 is 10.2 Å². The van der Waals surface area contributed by atoms with Gasteiger partial charge in [0.15, 0.2) is 0 Å². The lowest BCUT2D eigenvalue weighted by Crippen LogP contribution is -2.53. The van der Waals surface area contributed by atoms with Crippen LogP contribution < -0.4 is 9.62 Å². The van der Waals surface area contributed by atoms with Crippen LogP contribution in [0.15, 0.2) is 83.8 Å². The zero-order valence-electron chi connectivity index (χ0n) is 23.6. The number of aryl methyl sites for hydroxylation is 1. The van der Waals surface area contributed by atoms with Crippen molar-refractivity contribution in [3.8, 4) is 0 Å². The zero-order chi connectivity index (χ0) is 29.4. The van der Waals surface area contributed by atoms with E-state index in [1.807, 2.05) is 37.3 Å². The van der Waals surface area contributed by atoms with Gasteiger partial charge in [-0.1, -0.05) is 79.4 Å². The number of hydrogen-bond donors (Lipinski definition) is 1. The normalized spacial score (nSPS) is 14.7. The summed E-state index contributed by atoms with van der Waals surface area (Å²) in [5.74, 6) is -1.64. The molecule has 1 fully saturated rings. The van der Waals surface area contributed by atoms with Gasteiger partial charge in [0.1, 0.15) is 18.4 Å². The first-order chi connectivity index (χ1) is 19.7. The average Bonchev–Trinajstić information content (AvgIpc) is 2.97. The molecular formula is C32H38FN3O4S. The molecule has 0 radical (unpaired) electrons. The van der Waals surface area contributed by atoms with E-state index >= 15 is 4.39 Å². The highest BCUT2D eigenvalue weighted by atomic mass is 32.2. The first-order valence-electron chi connectivity index (χ1n) is 14.1. The Bertz CT molecular complexity index is 1420. The van der Waals surface area contributed by atoms with Gasteiger partial charge in [-0.2, -0.15) is 0 Å². The molecule has 0 saturated heterocycles. The molecule has 0 aliphatic heterocycles. The smallest absolute Gasteiger partial charge is 0.264 e. The van der Waals surface area contributed by atoms with Gasteiger partial charge in [-0.3, -0.25) is 13.9 Å². The minimum absolute atomic E-state index is 0.0570. The van der Waals surface area contributed by atoms with E-state index in [-0.39, 0.29) is 29.1 Å². The largest absolute Gasteiger partial charge is 0.352 e. The van der Waals surface area contributed by atoms with Crippen molar-refractivity contribution in [3.05, 3.63) is 95.8 Å². The number of anilines is 1. The fourth-order valence-corrected chi connectivity index (χ4v) is 6.57. The molecule has 218 valence electrons. The Morgan fingerprint density at radius 1 is 0.927 bits per heavy atom. The molecular weight excluding hydrogens is 541 g/mol. The highest BCUT2D eigenvalue weighted by Gasteiger charge is 2.34. The molecule has 9 heteroatoms. The Morgan fingerprint density at radius 2 is 1.56 bits per heavy atom. The summed E-state index contributed by atoms with van der Waals surface area (Å²) in [5.41, 5.74) is 1.61. The Hall–Kier alpha value is -3.72. The van der Waals surface area contributed by atoms with Gasteiger partial charge in [0.2, 0.25) is 11.8 Å². The minimum Gasteiger partial charge on any atom is -0.352 e. The Balaban J connectivity index is 1.64. The molecule has 4 rings (SSSR count). The van der Waals surface area contributed by atoms with Crippen LogP contribution in [0.4, 0.5) is 10.1 Å². The summed E-state index contributed by atoms with van der Waals surface area (Å²) in [5, 5.41) is 3.08. The number of sulfonamides is 1. The second-order valence-corrected chi connectivity index (χ2v) is 12.5.